The van der Waals surface area contributed by atoms with Gasteiger partial charge in [0.25, 0.3) is 5.56 Å². The molecule has 3 aromatic rings. The van der Waals surface area contributed by atoms with Gasteiger partial charge in [0.1, 0.15) is 11.7 Å². The quantitative estimate of drug-likeness (QED) is 0.620. The number of benzene rings is 1. The van der Waals surface area contributed by atoms with Crippen molar-refractivity contribution in [1.29, 1.82) is 0 Å². The number of aliphatic imine (C=N–C) groups is 1. The summed E-state index contributed by atoms with van der Waals surface area (Å²) in [6.45, 7) is 0. The number of allylic oxidation sites excluding steroid dienone is 1. The first-order valence-corrected chi connectivity index (χ1v) is 11.5. The smallest absolute Gasteiger partial charge is 0.327 e. The monoisotopic (exact) mass is 447 g/mol. The lowest BCUT2D eigenvalue weighted by Crippen LogP contribution is -2.29. The Balaban J connectivity index is 0.000000383. The van der Waals surface area contributed by atoms with Crippen LogP contribution in [-0.4, -0.2) is 32.8 Å². The minimum absolute atomic E-state index is 0.306. The lowest BCUT2D eigenvalue weighted by molar-refractivity contribution is -0.140. The number of rotatable bonds is 4. The number of carbonyl (C=O) groups is 1. The highest BCUT2D eigenvalue weighted by atomic mass is 32.2. The Kier molecular flexibility index (Phi) is 5.53. The van der Waals surface area contributed by atoms with E-state index in [0.717, 1.165) is 41.0 Å². The van der Waals surface area contributed by atoms with E-state index in [1.165, 1.54) is 22.4 Å². The molecule has 0 spiro atoms. The van der Waals surface area contributed by atoms with Crippen LogP contribution >= 0.6 is 11.8 Å². The summed E-state index contributed by atoms with van der Waals surface area (Å²) in [5.74, 6) is 0.297. The van der Waals surface area contributed by atoms with Gasteiger partial charge < -0.3 is 9.63 Å². The van der Waals surface area contributed by atoms with Gasteiger partial charge in [-0.05, 0) is 24.3 Å². The second kappa shape index (κ2) is 8.63. The Hall–Kier alpha value is -3.39. The molecule has 1 aromatic carbocycles. The maximum absolute atomic E-state index is 12.7. The first-order valence-electron chi connectivity index (χ1n) is 10.5. The van der Waals surface area contributed by atoms with Crippen LogP contribution in [0.4, 0.5) is 0 Å². The number of carboxylic acid groups (broad SMARTS) is 1. The number of fused-ring (bicyclic) bond motifs is 1. The van der Waals surface area contributed by atoms with Crippen molar-refractivity contribution < 1.29 is 14.4 Å². The number of thioether (sulfide) groups is 1. The molecule has 0 amide bonds. The molecule has 2 aromatic heterocycles. The van der Waals surface area contributed by atoms with Crippen LogP contribution in [0.25, 0.3) is 22.6 Å². The van der Waals surface area contributed by atoms with Gasteiger partial charge in [0.2, 0.25) is 0 Å². The maximum Gasteiger partial charge on any atom is 0.327 e. The van der Waals surface area contributed by atoms with Gasteiger partial charge >= 0.3 is 5.97 Å². The minimum Gasteiger partial charge on any atom is -0.480 e. The third-order valence-electron chi connectivity index (χ3n) is 5.59. The normalized spacial score (nSPS) is 18.3. The zero-order valence-electron chi connectivity index (χ0n) is 17.2. The van der Waals surface area contributed by atoms with Gasteiger partial charge in [-0.2, -0.15) is 0 Å². The fourth-order valence-corrected chi connectivity index (χ4v) is 5.29. The first-order chi connectivity index (χ1) is 15.6. The number of nitrogens with zero attached hydrogens (tertiary/aromatic N) is 3. The molecule has 2 aliphatic heterocycles. The highest BCUT2D eigenvalue weighted by Crippen LogP contribution is 2.50. The third kappa shape index (κ3) is 3.93. The summed E-state index contributed by atoms with van der Waals surface area (Å²) in [6.07, 6.45) is 8.80. The van der Waals surface area contributed by atoms with E-state index in [2.05, 4.69) is 10.1 Å². The van der Waals surface area contributed by atoms with Gasteiger partial charge in [-0.25, -0.2) is 4.79 Å². The molecule has 0 radical (unpaired) electrons. The average Bonchev–Trinajstić information content (AvgIpc) is 3.25. The van der Waals surface area contributed by atoms with Crippen LogP contribution < -0.4 is 5.56 Å². The number of aromatic nitrogens is 2. The Labute approximate surface area is 188 Å². The Morgan fingerprint density at radius 1 is 1.19 bits per heavy atom. The van der Waals surface area contributed by atoms with E-state index in [1.807, 2.05) is 48.7 Å². The molecule has 1 atom stereocenters. The van der Waals surface area contributed by atoms with E-state index in [0.29, 0.717) is 23.1 Å². The number of carboxylic acids is 1. The molecule has 1 N–H and O–H groups in total. The molecule has 3 aliphatic rings. The van der Waals surface area contributed by atoms with Crippen LogP contribution in [0.2, 0.25) is 0 Å². The Morgan fingerprint density at radius 3 is 2.62 bits per heavy atom. The van der Waals surface area contributed by atoms with E-state index in [-0.39, 0.29) is 5.56 Å². The molecule has 1 saturated carbocycles. The second-order valence-corrected chi connectivity index (χ2v) is 8.83. The topological polar surface area (TPSA) is 97.7 Å². The highest BCUT2D eigenvalue weighted by molar-refractivity contribution is 7.99. The van der Waals surface area contributed by atoms with Crippen molar-refractivity contribution >= 4 is 23.9 Å². The summed E-state index contributed by atoms with van der Waals surface area (Å²) >= 11 is 1.45. The minimum atomic E-state index is -0.969. The molecule has 0 bridgehead atoms. The second-order valence-electron chi connectivity index (χ2n) is 7.82. The molecule has 7 nitrogen and oxygen atoms in total. The van der Waals surface area contributed by atoms with Crippen LogP contribution in [0, 0.1) is 0 Å². The van der Waals surface area contributed by atoms with Crippen LogP contribution in [-0.2, 0) is 4.79 Å². The number of pyridine rings is 1. The van der Waals surface area contributed by atoms with Crippen LogP contribution in [0.1, 0.15) is 36.8 Å². The van der Waals surface area contributed by atoms with Crippen LogP contribution in [0.5, 0.6) is 0 Å². The number of hydrogen-bond acceptors (Lipinski definition) is 6. The Morgan fingerprint density at radius 2 is 2.00 bits per heavy atom. The molecule has 1 fully saturated rings. The summed E-state index contributed by atoms with van der Waals surface area (Å²) in [5, 5.41) is 14.4. The van der Waals surface area contributed by atoms with Gasteiger partial charge in [-0.15, -0.1) is 11.8 Å². The molecule has 1 unspecified atom stereocenters. The lowest BCUT2D eigenvalue weighted by atomic mass is 10.0. The molecule has 8 heteroatoms. The zero-order valence-corrected chi connectivity index (χ0v) is 18.0. The molecule has 4 heterocycles. The van der Waals surface area contributed by atoms with Crippen molar-refractivity contribution in [2.75, 3.05) is 5.75 Å². The fourth-order valence-electron chi connectivity index (χ4n) is 3.89. The summed E-state index contributed by atoms with van der Waals surface area (Å²) in [5.41, 5.74) is 3.11. The maximum atomic E-state index is 12.7. The summed E-state index contributed by atoms with van der Waals surface area (Å²) in [7, 11) is 0. The van der Waals surface area contributed by atoms with Crippen molar-refractivity contribution in [2.24, 2.45) is 4.99 Å². The van der Waals surface area contributed by atoms with Gasteiger partial charge in [0.15, 0.2) is 5.76 Å². The van der Waals surface area contributed by atoms with Gasteiger partial charge in [0.05, 0.1) is 5.03 Å². The van der Waals surface area contributed by atoms with Crippen molar-refractivity contribution in [3.63, 3.8) is 0 Å². The van der Waals surface area contributed by atoms with Crippen molar-refractivity contribution in [2.45, 2.75) is 36.2 Å². The highest BCUT2D eigenvalue weighted by Gasteiger charge is 2.38. The van der Waals surface area contributed by atoms with Gasteiger partial charge in [-0.3, -0.25) is 14.4 Å². The summed E-state index contributed by atoms with van der Waals surface area (Å²) < 4.78 is 7.02. The predicted molar refractivity (Wildman–Crippen MR) is 123 cm³/mol. The molecular weight excluding hydrogens is 426 g/mol. The van der Waals surface area contributed by atoms with E-state index >= 15 is 0 Å². The van der Waals surface area contributed by atoms with Crippen LogP contribution in [0.3, 0.4) is 0 Å². The van der Waals surface area contributed by atoms with Crippen molar-refractivity contribution in [1.82, 2.24) is 9.72 Å². The van der Waals surface area contributed by atoms with Crippen LogP contribution in [0.15, 0.2) is 74.1 Å². The molecule has 32 heavy (non-hydrogen) atoms. The Bertz CT molecular complexity index is 1260. The van der Waals surface area contributed by atoms with E-state index in [9.17, 15) is 14.7 Å². The first kappa shape index (κ1) is 20.5. The average molecular weight is 448 g/mol. The standard InChI is InChI=1S/C20H16N2O4S.C4H5N/c23-17-8-13(16-9-14(21-26-16)11-4-2-1-3-5-11)18(12-6-7-12)19-22(17)15(10-27-19)20(24)25;1-2-4-5-3-1/h1-5,8-9,12,15H,6-7,10H2,(H,24,25);1,3-4H,2H2. The number of hydrogen-bond donors (Lipinski definition) is 1. The number of aliphatic carboxylic acids is 1. The van der Waals surface area contributed by atoms with Gasteiger partial charge in [-0.1, -0.05) is 41.6 Å². The van der Waals surface area contributed by atoms with E-state index in [4.69, 9.17) is 4.52 Å². The van der Waals surface area contributed by atoms with Crippen molar-refractivity contribution in [3.8, 4) is 22.6 Å². The molecule has 6 rings (SSSR count). The summed E-state index contributed by atoms with van der Waals surface area (Å²) in [4.78, 5) is 28.0. The van der Waals surface area contributed by atoms with Gasteiger partial charge in [0, 0.05) is 47.8 Å². The zero-order chi connectivity index (χ0) is 22.1. The predicted octanol–water partition coefficient (Wildman–Crippen LogP) is 4.75. The van der Waals surface area contributed by atoms with Crippen molar-refractivity contribution in [3.05, 3.63) is 70.7 Å². The van der Waals surface area contributed by atoms with E-state index in [1.54, 1.807) is 6.20 Å². The largest absolute Gasteiger partial charge is 0.480 e. The molecule has 1 aliphatic carbocycles. The molecule has 0 saturated heterocycles. The SMILES string of the molecule is C1=CN=CC1.O=C(O)C1CSc2c(C3CC3)c(-c3cc(-c4ccccc4)no3)cc(=O)n21. The summed E-state index contributed by atoms with van der Waals surface area (Å²) in [6, 6.07) is 12.3. The van der Waals surface area contributed by atoms with E-state index < -0.39 is 12.0 Å². The third-order valence-corrected chi connectivity index (χ3v) is 6.76. The lowest BCUT2D eigenvalue weighted by Gasteiger charge is -2.14. The molecular formula is C24H21N3O4S. The fraction of sp³-hybridized carbons (Fsp3) is 0.250. The molecule has 162 valence electrons.